The maximum absolute atomic E-state index is 12.0. The summed E-state index contributed by atoms with van der Waals surface area (Å²) in [6.45, 7) is 3.75. The number of benzene rings is 1. The molecular formula is C16H20N4O2S. The lowest BCUT2D eigenvalue weighted by atomic mass is 10.0. The van der Waals surface area contributed by atoms with Crippen LogP contribution in [0.3, 0.4) is 0 Å². The van der Waals surface area contributed by atoms with Gasteiger partial charge in [-0.2, -0.15) is 0 Å². The third-order valence-electron chi connectivity index (χ3n) is 3.78. The number of nitrogens with zero attached hydrogens (tertiary/aromatic N) is 2. The Bertz CT molecular complexity index is 600. The summed E-state index contributed by atoms with van der Waals surface area (Å²) in [7, 11) is 0. The van der Waals surface area contributed by atoms with Crippen LogP contribution in [0.4, 0.5) is 9.93 Å². The normalized spacial score (nSPS) is 16.7. The van der Waals surface area contributed by atoms with Crippen LogP contribution in [0.15, 0.2) is 41.9 Å². The molecule has 2 heterocycles. The Labute approximate surface area is 139 Å². The second-order valence-corrected chi connectivity index (χ2v) is 6.14. The third-order valence-corrected chi connectivity index (χ3v) is 4.47. The number of rotatable bonds is 5. The van der Waals surface area contributed by atoms with E-state index >= 15 is 0 Å². The van der Waals surface area contributed by atoms with Gasteiger partial charge in [0.25, 0.3) is 0 Å². The van der Waals surface area contributed by atoms with Crippen LogP contribution in [0.1, 0.15) is 11.6 Å². The van der Waals surface area contributed by atoms with E-state index in [9.17, 15) is 4.79 Å². The third kappa shape index (κ3) is 4.51. The van der Waals surface area contributed by atoms with Crippen molar-refractivity contribution in [2.24, 2.45) is 0 Å². The average Bonchev–Trinajstić information content (AvgIpc) is 3.10. The highest BCUT2D eigenvalue weighted by Gasteiger charge is 2.23. The van der Waals surface area contributed by atoms with Gasteiger partial charge in [-0.15, -0.1) is 11.3 Å². The number of morpholine rings is 1. The van der Waals surface area contributed by atoms with Gasteiger partial charge in [-0.1, -0.05) is 30.3 Å². The van der Waals surface area contributed by atoms with Gasteiger partial charge in [0, 0.05) is 31.2 Å². The molecule has 122 valence electrons. The Kier molecular flexibility index (Phi) is 5.57. The van der Waals surface area contributed by atoms with Crippen LogP contribution in [0.5, 0.6) is 0 Å². The molecule has 2 amide bonds. The molecule has 2 aromatic rings. The van der Waals surface area contributed by atoms with E-state index in [1.54, 1.807) is 6.20 Å². The van der Waals surface area contributed by atoms with Gasteiger partial charge in [-0.3, -0.25) is 10.2 Å². The van der Waals surface area contributed by atoms with Gasteiger partial charge in [0.05, 0.1) is 19.3 Å². The van der Waals surface area contributed by atoms with E-state index in [-0.39, 0.29) is 12.1 Å². The van der Waals surface area contributed by atoms with Crippen LogP contribution >= 0.6 is 11.3 Å². The Hall–Kier alpha value is -1.96. The number of ether oxygens (including phenoxy) is 1. The first-order chi connectivity index (χ1) is 11.3. The molecule has 1 aliphatic rings. The molecule has 6 nitrogen and oxygen atoms in total. The zero-order valence-electron chi connectivity index (χ0n) is 12.8. The molecule has 2 N–H and O–H groups in total. The van der Waals surface area contributed by atoms with E-state index in [0.717, 1.165) is 26.3 Å². The SMILES string of the molecule is O=C(NCC(c1ccccc1)N1CCOCC1)Nc1nccs1. The predicted octanol–water partition coefficient (Wildman–Crippen LogP) is 2.34. The van der Waals surface area contributed by atoms with Crippen molar-refractivity contribution in [3.63, 3.8) is 0 Å². The summed E-state index contributed by atoms with van der Waals surface area (Å²) in [5, 5.41) is 8.13. The number of anilines is 1. The molecule has 23 heavy (non-hydrogen) atoms. The van der Waals surface area contributed by atoms with Gasteiger partial charge in [0.1, 0.15) is 0 Å². The highest BCUT2D eigenvalue weighted by Crippen LogP contribution is 2.21. The van der Waals surface area contributed by atoms with Crippen molar-refractivity contribution < 1.29 is 9.53 Å². The fraction of sp³-hybridized carbons (Fsp3) is 0.375. The van der Waals surface area contributed by atoms with Crippen LogP contribution in [0.2, 0.25) is 0 Å². The van der Waals surface area contributed by atoms with E-state index in [0.29, 0.717) is 11.7 Å². The summed E-state index contributed by atoms with van der Waals surface area (Å²) >= 11 is 1.40. The van der Waals surface area contributed by atoms with E-state index < -0.39 is 0 Å². The largest absolute Gasteiger partial charge is 0.379 e. The smallest absolute Gasteiger partial charge is 0.321 e. The number of carbonyl (C=O) groups is 1. The number of carbonyl (C=O) groups excluding carboxylic acids is 1. The molecule has 1 unspecified atom stereocenters. The summed E-state index contributed by atoms with van der Waals surface area (Å²) in [5.74, 6) is 0. The summed E-state index contributed by atoms with van der Waals surface area (Å²) in [6.07, 6.45) is 1.67. The summed E-state index contributed by atoms with van der Waals surface area (Å²) < 4.78 is 5.43. The van der Waals surface area contributed by atoms with Crippen molar-refractivity contribution in [2.45, 2.75) is 6.04 Å². The molecule has 1 atom stereocenters. The van der Waals surface area contributed by atoms with Crippen molar-refractivity contribution in [1.29, 1.82) is 0 Å². The zero-order valence-corrected chi connectivity index (χ0v) is 13.6. The molecule has 1 saturated heterocycles. The molecule has 0 bridgehead atoms. The van der Waals surface area contributed by atoms with E-state index in [4.69, 9.17) is 4.74 Å². The molecule has 1 fully saturated rings. The number of thiazole rings is 1. The Balaban J connectivity index is 1.62. The first kappa shape index (κ1) is 15.9. The van der Waals surface area contributed by atoms with Crippen LogP contribution in [-0.4, -0.2) is 48.8 Å². The summed E-state index contributed by atoms with van der Waals surface area (Å²) in [6, 6.07) is 10.2. The molecule has 0 radical (unpaired) electrons. The van der Waals surface area contributed by atoms with Crippen molar-refractivity contribution >= 4 is 22.5 Å². The van der Waals surface area contributed by atoms with Crippen molar-refractivity contribution in [3.8, 4) is 0 Å². The topological polar surface area (TPSA) is 66.5 Å². The van der Waals surface area contributed by atoms with E-state index in [1.165, 1.54) is 16.9 Å². The number of nitrogens with one attached hydrogen (secondary N) is 2. The van der Waals surface area contributed by atoms with Crippen LogP contribution in [0, 0.1) is 0 Å². The first-order valence-corrected chi connectivity index (χ1v) is 8.52. The van der Waals surface area contributed by atoms with Crippen molar-refractivity contribution in [2.75, 3.05) is 38.2 Å². The minimum absolute atomic E-state index is 0.141. The van der Waals surface area contributed by atoms with Gasteiger partial charge in [0.15, 0.2) is 5.13 Å². The van der Waals surface area contributed by atoms with Gasteiger partial charge >= 0.3 is 6.03 Å². The lowest BCUT2D eigenvalue weighted by Crippen LogP contribution is -2.44. The van der Waals surface area contributed by atoms with Crippen LogP contribution in [0.25, 0.3) is 0 Å². The number of urea groups is 1. The van der Waals surface area contributed by atoms with Crippen LogP contribution in [-0.2, 0) is 4.74 Å². The number of hydrogen-bond acceptors (Lipinski definition) is 5. The monoisotopic (exact) mass is 332 g/mol. The molecule has 0 aliphatic carbocycles. The molecule has 0 spiro atoms. The molecular weight excluding hydrogens is 312 g/mol. The van der Waals surface area contributed by atoms with Crippen molar-refractivity contribution in [1.82, 2.24) is 15.2 Å². The van der Waals surface area contributed by atoms with E-state index in [2.05, 4.69) is 32.7 Å². The summed E-state index contributed by atoms with van der Waals surface area (Å²) in [5.41, 5.74) is 1.20. The molecule has 3 rings (SSSR count). The lowest BCUT2D eigenvalue weighted by molar-refractivity contribution is 0.0168. The van der Waals surface area contributed by atoms with Crippen molar-refractivity contribution in [3.05, 3.63) is 47.5 Å². The fourth-order valence-electron chi connectivity index (χ4n) is 2.64. The maximum atomic E-state index is 12.0. The van der Waals surface area contributed by atoms with Gasteiger partial charge in [0.2, 0.25) is 0 Å². The molecule has 1 aromatic heterocycles. The number of amides is 2. The average molecular weight is 332 g/mol. The molecule has 1 aliphatic heterocycles. The second-order valence-electron chi connectivity index (χ2n) is 5.25. The minimum atomic E-state index is -0.228. The van der Waals surface area contributed by atoms with Crippen LogP contribution < -0.4 is 10.6 Å². The maximum Gasteiger partial charge on any atom is 0.321 e. The van der Waals surface area contributed by atoms with Gasteiger partial charge in [-0.25, -0.2) is 9.78 Å². The Morgan fingerprint density at radius 1 is 1.30 bits per heavy atom. The number of hydrogen-bond donors (Lipinski definition) is 2. The highest BCUT2D eigenvalue weighted by atomic mass is 32.1. The fourth-order valence-corrected chi connectivity index (χ4v) is 3.16. The highest BCUT2D eigenvalue weighted by molar-refractivity contribution is 7.13. The first-order valence-electron chi connectivity index (χ1n) is 7.64. The Morgan fingerprint density at radius 3 is 2.78 bits per heavy atom. The Morgan fingerprint density at radius 2 is 2.09 bits per heavy atom. The minimum Gasteiger partial charge on any atom is -0.379 e. The van der Waals surface area contributed by atoms with E-state index in [1.807, 2.05) is 23.6 Å². The zero-order chi connectivity index (χ0) is 15.9. The number of aromatic nitrogens is 1. The second kappa shape index (κ2) is 8.05. The van der Waals surface area contributed by atoms with Gasteiger partial charge < -0.3 is 10.1 Å². The predicted molar refractivity (Wildman–Crippen MR) is 90.7 cm³/mol. The molecule has 1 aromatic carbocycles. The summed E-state index contributed by atoms with van der Waals surface area (Å²) in [4.78, 5) is 18.4. The lowest BCUT2D eigenvalue weighted by Gasteiger charge is -2.34. The van der Waals surface area contributed by atoms with Gasteiger partial charge in [-0.05, 0) is 5.56 Å². The quantitative estimate of drug-likeness (QED) is 0.882. The standard InChI is InChI=1S/C16H20N4O2S/c21-15(19-16-17-6-11-23-16)18-12-14(13-4-2-1-3-5-13)20-7-9-22-10-8-20/h1-6,11,14H,7-10,12H2,(H2,17,18,19,21). The molecule has 7 heteroatoms. The molecule has 0 saturated carbocycles.